The average molecular weight is 290 g/mol. The number of carboxylic acids is 1. The van der Waals surface area contributed by atoms with Crippen molar-refractivity contribution in [1.29, 1.82) is 0 Å². The van der Waals surface area contributed by atoms with Crippen LogP contribution >= 0.6 is 0 Å². The quantitative estimate of drug-likeness (QED) is 0.362. The van der Waals surface area contributed by atoms with Crippen molar-refractivity contribution in [3.05, 3.63) is 24.3 Å². The minimum Gasteiger partial charge on any atom is -0.478 e. The zero-order chi connectivity index (χ0) is 16.1. The Balaban J connectivity index is 0. The van der Waals surface area contributed by atoms with Gasteiger partial charge in [-0.25, -0.2) is 9.59 Å². The van der Waals surface area contributed by atoms with E-state index in [1.54, 1.807) is 0 Å². The first-order chi connectivity index (χ1) is 9.26. The zero-order valence-electron chi connectivity index (χ0n) is 11.5. The molecule has 0 bridgehead atoms. The monoisotopic (exact) mass is 290 g/mol. The number of carbonyl (C=O) groups is 2. The van der Waals surface area contributed by atoms with Crippen LogP contribution in [0.5, 0.6) is 0 Å². The van der Waals surface area contributed by atoms with Gasteiger partial charge in [-0.05, 0) is 19.8 Å². The van der Waals surface area contributed by atoms with Crippen LogP contribution in [-0.2, 0) is 14.3 Å². The molecular formula is C13H22O7. The number of aliphatic carboxylic acids is 1. The molecule has 1 atom stereocenters. The van der Waals surface area contributed by atoms with Crippen molar-refractivity contribution in [2.45, 2.75) is 25.9 Å². The van der Waals surface area contributed by atoms with Gasteiger partial charge < -0.3 is 25.2 Å². The van der Waals surface area contributed by atoms with E-state index < -0.39 is 24.6 Å². The standard InChI is InChI=1S/C9H16O5.C4H6O2/c1-7(3-2-4-10)9(13)14-6-8(12)5-11;1-3(2)4(5)6/h8,10-12H,1-6H2;1H2,2H3,(H,5,6). The van der Waals surface area contributed by atoms with Gasteiger partial charge in [0.2, 0.25) is 0 Å². The van der Waals surface area contributed by atoms with Gasteiger partial charge in [0.05, 0.1) is 6.61 Å². The second-order valence-electron chi connectivity index (χ2n) is 3.95. The van der Waals surface area contributed by atoms with E-state index in [0.29, 0.717) is 12.8 Å². The van der Waals surface area contributed by atoms with Crippen LogP contribution in [0.25, 0.3) is 0 Å². The molecule has 7 heteroatoms. The largest absolute Gasteiger partial charge is 0.478 e. The number of ether oxygens (including phenoxy) is 1. The highest BCUT2D eigenvalue weighted by Crippen LogP contribution is 2.04. The van der Waals surface area contributed by atoms with Crippen molar-refractivity contribution in [3.8, 4) is 0 Å². The van der Waals surface area contributed by atoms with Gasteiger partial charge in [-0.3, -0.25) is 0 Å². The molecule has 1 unspecified atom stereocenters. The van der Waals surface area contributed by atoms with E-state index in [-0.39, 0.29) is 24.4 Å². The molecule has 0 radical (unpaired) electrons. The molecule has 0 aliphatic carbocycles. The van der Waals surface area contributed by atoms with Gasteiger partial charge >= 0.3 is 11.9 Å². The summed E-state index contributed by atoms with van der Waals surface area (Å²) >= 11 is 0. The third-order valence-electron chi connectivity index (χ3n) is 1.91. The first kappa shape index (κ1) is 20.6. The number of carbonyl (C=O) groups excluding carboxylic acids is 1. The van der Waals surface area contributed by atoms with Crippen LogP contribution in [0, 0.1) is 0 Å². The van der Waals surface area contributed by atoms with Gasteiger partial charge in [-0.15, -0.1) is 0 Å². The molecular weight excluding hydrogens is 268 g/mol. The highest BCUT2D eigenvalue weighted by atomic mass is 16.5. The van der Waals surface area contributed by atoms with Gasteiger partial charge in [0, 0.05) is 17.8 Å². The fraction of sp³-hybridized carbons (Fsp3) is 0.538. The number of esters is 1. The Kier molecular flexibility index (Phi) is 12.7. The molecule has 20 heavy (non-hydrogen) atoms. The van der Waals surface area contributed by atoms with Gasteiger partial charge in [0.25, 0.3) is 0 Å². The average Bonchev–Trinajstić information content (AvgIpc) is 2.41. The van der Waals surface area contributed by atoms with Crippen LogP contribution in [0.3, 0.4) is 0 Å². The molecule has 0 saturated carbocycles. The number of hydrogen-bond donors (Lipinski definition) is 4. The van der Waals surface area contributed by atoms with Crippen molar-refractivity contribution in [2.75, 3.05) is 19.8 Å². The molecule has 116 valence electrons. The van der Waals surface area contributed by atoms with E-state index in [1.165, 1.54) is 6.92 Å². The van der Waals surface area contributed by atoms with Crippen LogP contribution in [-0.4, -0.2) is 58.3 Å². The van der Waals surface area contributed by atoms with E-state index in [1.807, 2.05) is 0 Å². The number of carboxylic acid groups (broad SMARTS) is 1. The Bertz CT molecular complexity index is 324. The summed E-state index contributed by atoms with van der Waals surface area (Å²) in [6.45, 7) is 7.37. The van der Waals surface area contributed by atoms with Crippen molar-refractivity contribution in [1.82, 2.24) is 0 Å². The Morgan fingerprint density at radius 1 is 1.25 bits per heavy atom. The Morgan fingerprint density at radius 2 is 1.75 bits per heavy atom. The van der Waals surface area contributed by atoms with Gasteiger partial charge in [0.1, 0.15) is 12.7 Å². The fourth-order valence-corrected chi connectivity index (χ4v) is 0.721. The second kappa shape index (κ2) is 12.3. The summed E-state index contributed by atoms with van der Waals surface area (Å²) in [5.41, 5.74) is 0.430. The minimum absolute atomic E-state index is 0.00837. The number of rotatable bonds is 8. The number of hydrogen-bond acceptors (Lipinski definition) is 6. The van der Waals surface area contributed by atoms with Crippen molar-refractivity contribution in [2.24, 2.45) is 0 Å². The van der Waals surface area contributed by atoms with Crippen LogP contribution in [0.15, 0.2) is 24.3 Å². The lowest BCUT2D eigenvalue weighted by Gasteiger charge is -2.09. The SMILES string of the molecule is C=C(C)C(=O)O.C=C(CCCO)C(=O)OCC(O)CO. The zero-order valence-corrected chi connectivity index (χ0v) is 11.5. The molecule has 0 aliphatic heterocycles. The van der Waals surface area contributed by atoms with E-state index >= 15 is 0 Å². The summed E-state index contributed by atoms with van der Waals surface area (Å²) in [6, 6.07) is 0. The molecule has 0 aromatic heterocycles. The molecule has 7 nitrogen and oxygen atoms in total. The maximum atomic E-state index is 11.1. The lowest BCUT2D eigenvalue weighted by atomic mass is 10.2. The molecule has 0 aromatic rings. The maximum Gasteiger partial charge on any atom is 0.333 e. The van der Waals surface area contributed by atoms with Gasteiger partial charge in [0.15, 0.2) is 0 Å². The fourth-order valence-electron chi connectivity index (χ4n) is 0.721. The molecule has 0 fully saturated rings. The summed E-state index contributed by atoms with van der Waals surface area (Å²) in [7, 11) is 0. The first-order valence-electron chi connectivity index (χ1n) is 5.89. The van der Waals surface area contributed by atoms with E-state index in [9.17, 15) is 9.59 Å². The van der Waals surface area contributed by atoms with E-state index in [2.05, 4.69) is 17.9 Å². The summed E-state index contributed by atoms with van der Waals surface area (Å²) in [5, 5.41) is 33.7. The normalized spacial score (nSPS) is 10.8. The Hall–Kier alpha value is -1.70. The van der Waals surface area contributed by atoms with Crippen LogP contribution in [0.4, 0.5) is 0 Å². The molecule has 0 spiro atoms. The van der Waals surface area contributed by atoms with Crippen LogP contribution in [0.2, 0.25) is 0 Å². The predicted octanol–water partition coefficient (Wildman–Crippen LogP) is -0.141. The summed E-state index contributed by atoms with van der Waals surface area (Å²) in [6.07, 6.45) is -0.231. The van der Waals surface area contributed by atoms with E-state index in [0.717, 1.165) is 0 Å². The Labute approximate surface area is 117 Å². The smallest absolute Gasteiger partial charge is 0.333 e. The maximum absolute atomic E-state index is 11.1. The highest BCUT2D eigenvalue weighted by Gasteiger charge is 2.10. The number of aliphatic hydroxyl groups excluding tert-OH is 3. The van der Waals surface area contributed by atoms with Crippen molar-refractivity contribution in [3.63, 3.8) is 0 Å². The van der Waals surface area contributed by atoms with Crippen molar-refractivity contribution < 1.29 is 34.8 Å². The third-order valence-corrected chi connectivity index (χ3v) is 1.91. The van der Waals surface area contributed by atoms with Crippen LogP contribution < -0.4 is 0 Å². The molecule has 4 N–H and O–H groups in total. The lowest BCUT2D eigenvalue weighted by molar-refractivity contribution is -0.142. The number of aliphatic hydroxyl groups is 3. The molecule has 0 heterocycles. The van der Waals surface area contributed by atoms with E-state index in [4.69, 9.17) is 20.4 Å². The summed E-state index contributed by atoms with van der Waals surface area (Å²) in [5.74, 6) is -1.54. The van der Waals surface area contributed by atoms with Crippen molar-refractivity contribution >= 4 is 11.9 Å². The van der Waals surface area contributed by atoms with Gasteiger partial charge in [-0.2, -0.15) is 0 Å². The van der Waals surface area contributed by atoms with Crippen LogP contribution in [0.1, 0.15) is 19.8 Å². The molecule has 0 aromatic carbocycles. The summed E-state index contributed by atoms with van der Waals surface area (Å²) < 4.78 is 4.62. The second-order valence-corrected chi connectivity index (χ2v) is 3.95. The third kappa shape index (κ3) is 12.7. The van der Waals surface area contributed by atoms with Gasteiger partial charge in [-0.1, -0.05) is 13.2 Å². The minimum atomic E-state index is -1.05. The summed E-state index contributed by atoms with van der Waals surface area (Å²) in [4.78, 5) is 20.7. The molecule has 0 aliphatic rings. The first-order valence-corrected chi connectivity index (χ1v) is 5.89. The molecule has 0 amide bonds. The molecule has 0 rings (SSSR count). The lowest BCUT2D eigenvalue weighted by Crippen LogP contribution is -2.22. The topological polar surface area (TPSA) is 124 Å². The highest BCUT2D eigenvalue weighted by molar-refractivity contribution is 5.87. The Morgan fingerprint density at radius 3 is 2.10 bits per heavy atom. The predicted molar refractivity (Wildman–Crippen MR) is 72.0 cm³/mol. The molecule has 0 saturated heterocycles.